The molecule has 0 radical (unpaired) electrons. The number of anilines is 1. The van der Waals surface area contributed by atoms with Crippen LogP contribution in [-0.4, -0.2) is 17.9 Å². The summed E-state index contributed by atoms with van der Waals surface area (Å²) in [6, 6.07) is 17.3. The third-order valence-corrected chi connectivity index (χ3v) is 3.68. The summed E-state index contributed by atoms with van der Waals surface area (Å²) in [5.41, 5.74) is 0.593. The summed E-state index contributed by atoms with van der Waals surface area (Å²) in [6.45, 7) is 0. The monoisotopic (exact) mass is 322 g/mol. The summed E-state index contributed by atoms with van der Waals surface area (Å²) in [4.78, 5) is 23.0. The van der Waals surface area contributed by atoms with Crippen molar-refractivity contribution in [3.63, 3.8) is 0 Å². The minimum atomic E-state index is -0.576. The molecule has 0 aromatic heterocycles. The molecule has 6 nitrogen and oxygen atoms in total. The van der Waals surface area contributed by atoms with Crippen LogP contribution >= 0.6 is 0 Å². The summed E-state index contributed by atoms with van der Waals surface area (Å²) in [6.07, 6.45) is 0. The number of carbonyl (C=O) groups excluding carboxylic acids is 1. The maximum atomic E-state index is 12.5. The zero-order valence-electron chi connectivity index (χ0n) is 12.9. The van der Waals surface area contributed by atoms with Gasteiger partial charge in [0.05, 0.1) is 12.0 Å². The Morgan fingerprint density at radius 1 is 1.08 bits per heavy atom. The highest BCUT2D eigenvalue weighted by atomic mass is 16.6. The number of rotatable bonds is 4. The number of nitrogens with one attached hydrogen (secondary N) is 1. The van der Waals surface area contributed by atoms with Gasteiger partial charge in [0.1, 0.15) is 0 Å². The summed E-state index contributed by atoms with van der Waals surface area (Å²) in [5.74, 6) is -0.307. The third kappa shape index (κ3) is 2.89. The minimum Gasteiger partial charge on any atom is -0.490 e. The van der Waals surface area contributed by atoms with Gasteiger partial charge in [0, 0.05) is 22.7 Å². The number of hydrogen-bond donors (Lipinski definition) is 1. The second-order valence-electron chi connectivity index (χ2n) is 5.12. The molecule has 1 amide bonds. The molecular formula is C18H14N2O4. The van der Waals surface area contributed by atoms with Crippen molar-refractivity contribution >= 4 is 28.1 Å². The van der Waals surface area contributed by atoms with Crippen molar-refractivity contribution in [2.45, 2.75) is 0 Å². The number of carbonyl (C=O) groups is 1. The number of nitro benzene ring substituents is 1. The maximum Gasteiger partial charge on any atom is 0.311 e. The number of nitro groups is 1. The summed E-state index contributed by atoms with van der Waals surface area (Å²) in [5, 5.41) is 15.8. The molecule has 6 heteroatoms. The van der Waals surface area contributed by atoms with E-state index in [9.17, 15) is 14.9 Å². The topological polar surface area (TPSA) is 81.5 Å². The average molecular weight is 322 g/mol. The van der Waals surface area contributed by atoms with Crippen LogP contribution in [0.5, 0.6) is 5.75 Å². The first kappa shape index (κ1) is 15.5. The van der Waals surface area contributed by atoms with Gasteiger partial charge in [-0.25, -0.2) is 0 Å². The fourth-order valence-electron chi connectivity index (χ4n) is 2.50. The number of hydrogen-bond acceptors (Lipinski definition) is 4. The predicted molar refractivity (Wildman–Crippen MR) is 91.5 cm³/mol. The van der Waals surface area contributed by atoms with E-state index in [0.717, 1.165) is 10.8 Å². The smallest absolute Gasteiger partial charge is 0.311 e. The lowest BCUT2D eigenvalue weighted by Crippen LogP contribution is -2.12. The molecule has 0 atom stereocenters. The van der Waals surface area contributed by atoms with E-state index in [4.69, 9.17) is 4.74 Å². The molecule has 3 aromatic rings. The molecule has 0 saturated heterocycles. The van der Waals surface area contributed by atoms with Crippen molar-refractivity contribution in [2.75, 3.05) is 12.4 Å². The third-order valence-electron chi connectivity index (χ3n) is 3.68. The number of amides is 1. The van der Waals surface area contributed by atoms with Crippen LogP contribution in [0, 0.1) is 10.1 Å². The first-order chi connectivity index (χ1) is 11.6. The van der Waals surface area contributed by atoms with Gasteiger partial charge in [-0.15, -0.1) is 0 Å². The molecule has 3 aromatic carbocycles. The Kier molecular flexibility index (Phi) is 4.11. The molecule has 0 aliphatic rings. The van der Waals surface area contributed by atoms with Gasteiger partial charge in [0.15, 0.2) is 5.75 Å². The number of nitrogens with zero attached hydrogens (tertiary/aromatic N) is 1. The molecule has 0 fully saturated rings. The van der Waals surface area contributed by atoms with Crippen LogP contribution in [0.4, 0.5) is 11.4 Å². The highest BCUT2D eigenvalue weighted by Crippen LogP contribution is 2.28. The molecular weight excluding hydrogens is 308 g/mol. The zero-order chi connectivity index (χ0) is 17.1. The van der Waals surface area contributed by atoms with E-state index in [1.165, 1.54) is 25.3 Å². The number of ether oxygens (including phenoxy) is 1. The number of methoxy groups -OCH3 is 1. The Morgan fingerprint density at radius 2 is 1.83 bits per heavy atom. The zero-order valence-corrected chi connectivity index (χ0v) is 12.9. The number of fused-ring (bicyclic) bond motifs is 1. The van der Waals surface area contributed by atoms with Crippen LogP contribution in [0.2, 0.25) is 0 Å². The largest absolute Gasteiger partial charge is 0.490 e. The van der Waals surface area contributed by atoms with Gasteiger partial charge >= 0.3 is 5.69 Å². The van der Waals surface area contributed by atoms with Gasteiger partial charge in [-0.3, -0.25) is 14.9 Å². The van der Waals surface area contributed by atoms with E-state index < -0.39 is 10.8 Å². The first-order valence-corrected chi connectivity index (χ1v) is 7.21. The van der Waals surface area contributed by atoms with E-state index in [-0.39, 0.29) is 17.0 Å². The fraction of sp³-hybridized carbons (Fsp3) is 0.0556. The van der Waals surface area contributed by atoms with Gasteiger partial charge in [-0.05, 0) is 23.6 Å². The van der Waals surface area contributed by atoms with E-state index >= 15 is 0 Å². The normalized spacial score (nSPS) is 10.4. The molecule has 0 bridgehead atoms. The molecule has 0 heterocycles. The Bertz CT molecular complexity index is 932. The SMILES string of the molecule is COc1ccc(C(=O)Nc2cccc3ccccc23)cc1[N+](=O)[O-]. The molecule has 0 unspecified atom stereocenters. The second kappa shape index (κ2) is 6.37. The van der Waals surface area contributed by atoms with Crippen molar-refractivity contribution in [1.82, 2.24) is 0 Å². The van der Waals surface area contributed by atoms with Crippen LogP contribution in [0.3, 0.4) is 0 Å². The van der Waals surface area contributed by atoms with E-state index in [2.05, 4.69) is 5.32 Å². The second-order valence-corrected chi connectivity index (χ2v) is 5.12. The van der Waals surface area contributed by atoms with Crippen molar-refractivity contribution in [1.29, 1.82) is 0 Å². The highest BCUT2D eigenvalue weighted by molar-refractivity contribution is 6.09. The van der Waals surface area contributed by atoms with Crippen molar-refractivity contribution in [2.24, 2.45) is 0 Å². The maximum absolute atomic E-state index is 12.5. The van der Waals surface area contributed by atoms with Gasteiger partial charge in [0.2, 0.25) is 0 Å². The molecule has 0 saturated carbocycles. The minimum absolute atomic E-state index is 0.113. The summed E-state index contributed by atoms with van der Waals surface area (Å²) < 4.78 is 4.94. The Hall–Kier alpha value is -3.41. The fourth-order valence-corrected chi connectivity index (χ4v) is 2.50. The van der Waals surface area contributed by atoms with Gasteiger partial charge < -0.3 is 10.1 Å². The van der Waals surface area contributed by atoms with Gasteiger partial charge in [-0.2, -0.15) is 0 Å². The lowest BCUT2D eigenvalue weighted by molar-refractivity contribution is -0.385. The molecule has 120 valence electrons. The highest BCUT2D eigenvalue weighted by Gasteiger charge is 2.18. The van der Waals surface area contributed by atoms with Crippen molar-refractivity contribution in [3.05, 3.63) is 76.3 Å². The van der Waals surface area contributed by atoms with Crippen LogP contribution in [0.1, 0.15) is 10.4 Å². The summed E-state index contributed by atoms with van der Waals surface area (Å²) >= 11 is 0. The number of benzene rings is 3. The molecule has 0 spiro atoms. The Balaban J connectivity index is 1.95. The van der Waals surface area contributed by atoms with Crippen molar-refractivity contribution in [3.8, 4) is 5.75 Å². The molecule has 0 aliphatic heterocycles. The van der Waals surface area contributed by atoms with Gasteiger partial charge in [0.25, 0.3) is 5.91 Å². The van der Waals surface area contributed by atoms with Crippen molar-refractivity contribution < 1.29 is 14.5 Å². The van der Waals surface area contributed by atoms with E-state index in [1.807, 2.05) is 36.4 Å². The quantitative estimate of drug-likeness (QED) is 0.581. The molecule has 0 aliphatic carbocycles. The Morgan fingerprint density at radius 3 is 2.58 bits per heavy atom. The molecule has 24 heavy (non-hydrogen) atoms. The standard InChI is InChI=1S/C18H14N2O4/c1-24-17-10-9-13(11-16(17)20(22)23)18(21)19-15-8-4-6-12-5-2-3-7-14(12)15/h2-11H,1H3,(H,19,21). The predicted octanol–water partition coefficient (Wildman–Crippen LogP) is 4.01. The molecule has 3 rings (SSSR count). The Labute approximate surface area is 137 Å². The van der Waals surface area contributed by atoms with Crippen LogP contribution in [-0.2, 0) is 0 Å². The lowest BCUT2D eigenvalue weighted by Gasteiger charge is -2.09. The van der Waals surface area contributed by atoms with E-state index in [1.54, 1.807) is 6.07 Å². The van der Waals surface area contributed by atoms with Crippen LogP contribution < -0.4 is 10.1 Å². The average Bonchev–Trinajstić information content (AvgIpc) is 2.61. The van der Waals surface area contributed by atoms with Crippen LogP contribution in [0.15, 0.2) is 60.7 Å². The molecule has 1 N–H and O–H groups in total. The lowest BCUT2D eigenvalue weighted by atomic mass is 10.1. The van der Waals surface area contributed by atoms with Crippen LogP contribution in [0.25, 0.3) is 10.8 Å². The first-order valence-electron chi connectivity index (χ1n) is 7.21. The summed E-state index contributed by atoms with van der Waals surface area (Å²) in [7, 11) is 1.35. The van der Waals surface area contributed by atoms with E-state index in [0.29, 0.717) is 5.69 Å². The van der Waals surface area contributed by atoms with Gasteiger partial charge in [-0.1, -0.05) is 36.4 Å².